The highest BCUT2D eigenvalue weighted by Gasteiger charge is 2.14. The van der Waals surface area contributed by atoms with Crippen LogP contribution in [0.2, 0.25) is 0 Å². The maximum absolute atomic E-state index is 6.27. The van der Waals surface area contributed by atoms with Gasteiger partial charge in [0.1, 0.15) is 11.5 Å². The molecule has 156 valence electrons. The lowest BCUT2D eigenvalue weighted by Crippen LogP contribution is -2.04. The molecule has 1 unspecified atom stereocenters. The van der Waals surface area contributed by atoms with Gasteiger partial charge >= 0.3 is 0 Å². The number of nitrogens with zero attached hydrogens (tertiary/aromatic N) is 1. The average Bonchev–Trinajstić information content (AvgIpc) is 3.15. The molecule has 0 spiro atoms. The summed E-state index contributed by atoms with van der Waals surface area (Å²) in [5.41, 5.74) is 3.64. The first kappa shape index (κ1) is 19.5. The first-order valence-corrected chi connectivity index (χ1v) is 10.9. The normalized spacial score (nSPS) is 12.5. The van der Waals surface area contributed by atoms with Crippen LogP contribution in [-0.2, 0) is 6.73 Å². The van der Waals surface area contributed by atoms with Gasteiger partial charge in [-0.05, 0) is 59.0 Å². The van der Waals surface area contributed by atoms with E-state index in [1.807, 2.05) is 12.1 Å². The molecule has 0 aliphatic heterocycles. The zero-order valence-corrected chi connectivity index (χ0v) is 18.3. The molecule has 3 heteroatoms. The van der Waals surface area contributed by atoms with Gasteiger partial charge in [0, 0.05) is 10.8 Å². The van der Waals surface area contributed by atoms with Crippen LogP contribution >= 0.6 is 0 Å². The summed E-state index contributed by atoms with van der Waals surface area (Å²) in [5, 5.41) is 4.76. The van der Waals surface area contributed by atoms with Crippen molar-refractivity contribution in [2.45, 2.75) is 32.9 Å². The van der Waals surface area contributed by atoms with E-state index in [0.717, 1.165) is 34.3 Å². The smallest absolute Gasteiger partial charge is 0.165 e. The molecule has 0 fully saturated rings. The second kappa shape index (κ2) is 7.99. The van der Waals surface area contributed by atoms with Gasteiger partial charge < -0.3 is 14.0 Å². The van der Waals surface area contributed by atoms with Crippen LogP contribution in [-0.4, -0.2) is 11.7 Å². The molecule has 5 rings (SSSR count). The molecule has 0 N–H and O–H groups in total. The third-order valence-corrected chi connectivity index (χ3v) is 6.36. The van der Waals surface area contributed by atoms with E-state index in [4.69, 9.17) is 9.47 Å². The van der Waals surface area contributed by atoms with Crippen molar-refractivity contribution in [1.82, 2.24) is 4.57 Å². The third-order valence-electron chi connectivity index (χ3n) is 6.36. The Kier molecular flexibility index (Phi) is 5.03. The van der Waals surface area contributed by atoms with E-state index in [-0.39, 0.29) is 0 Å². The van der Waals surface area contributed by atoms with Gasteiger partial charge in [0.25, 0.3) is 0 Å². The fourth-order valence-corrected chi connectivity index (χ4v) is 4.39. The topological polar surface area (TPSA) is 23.4 Å². The first-order valence-electron chi connectivity index (χ1n) is 10.9. The molecule has 4 aromatic carbocycles. The summed E-state index contributed by atoms with van der Waals surface area (Å²) in [5.74, 6) is 2.33. The Morgan fingerprint density at radius 2 is 1.61 bits per heavy atom. The van der Waals surface area contributed by atoms with Crippen molar-refractivity contribution in [3.05, 3.63) is 84.4 Å². The molecule has 3 nitrogen and oxygen atoms in total. The molecular weight excluding hydrogens is 382 g/mol. The molecule has 1 aromatic heterocycles. The van der Waals surface area contributed by atoms with E-state index in [2.05, 4.69) is 85.1 Å². The van der Waals surface area contributed by atoms with Crippen LogP contribution in [0.25, 0.3) is 32.6 Å². The summed E-state index contributed by atoms with van der Waals surface area (Å²) >= 11 is 0. The minimum Gasteiger partial charge on any atom is -0.496 e. The van der Waals surface area contributed by atoms with E-state index in [1.165, 1.54) is 21.7 Å². The van der Waals surface area contributed by atoms with E-state index < -0.39 is 0 Å². The van der Waals surface area contributed by atoms with E-state index in [0.29, 0.717) is 12.6 Å². The lowest BCUT2D eigenvalue weighted by atomic mass is 9.96. The standard InChI is InChI=1S/C28H27NO2/c1-4-19(2)20-12-13-22-17-23(15-14-21(22)16-20)31-18-29-25-9-6-5-8-24(25)28-26(29)10-7-11-27(28)30-3/h5-17,19H,4,18H2,1-3H3. The highest BCUT2D eigenvalue weighted by Crippen LogP contribution is 2.35. The molecule has 0 amide bonds. The van der Waals surface area contributed by atoms with E-state index >= 15 is 0 Å². The number of hydrogen-bond acceptors (Lipinski definition) is 2. The highest BCUT2D eigenvalue weighted by molar-refractivity contribution is 6.11. The molecule has 0 saturated carbocycles. The summed E-state index contributed by atoms with van der Waals surface area (Å²) in [6.45, 7) is 4.95. The Balaban J connectivity index is 1.50. The van der Waals surface area contributed by atoms with Crippen LogP contribution in [0.3, 0.4) is 0 Å². The van der Waals surface area contributed by atoms with Crippen molar-refractivity contribution in [2.24, 2.45) is 0 Å². The fraction of sp³-hybridized carbons (Fsp3) is 0.214. The van der Waals surface area contributed by atoms with Crippen LogP contribution in [0.15, 0.2) is 78.9 Å². The largest absolute Gasteiger partial charge is 0.496 e. The molecule has 1 heterocycles. The summed E-state index contributed by atoms with van der Waals surface area (Å²) < 4.78 is 14.1. The number of rotatable bonds is 6. The summed E-state index contributed by atoms with van der Waals surface area (Å²) in [7, 11) is 1.72. The number of methoxy groups -OCH3 is 1. The van der Waals surface area contributed by atoms with Gasteiger partial charge in [-0.25, -0.2) is 0 Å². The number of benzene rings is 4. The lowest BCUT2D eigenvalue weighted by Gasteiger charge is -2.13. The minimum atomic E-state index is 0.438. The zero-order chi connectivity index (χ0) is 21.4. The Bertz CT molecular complexity index is 1380. The van der Waals surface area contributed by atoms with Crippen molar-refractivity contribution in [2.75, 3.05) is 7.11 Å². The van der Waals surface area contributed by atoms with E-state index in [9.17, 15) is 0 Å². The zero-order valence-electron chi connectivity index (χ0n) is 18.3. The molecule has 5 aromatic rings. The Morgan fingerprint density at radius 1 is 0.839 bits per heavy atom. The van der Waals surface area contributed by atoms with Gasteiger partial charge in [-0.1, -0.05) is 62.4 Å². The summed E-state index contributed by atoms with van der Waals surface area (Å²) in [6.07, 6.45) is 1.15. The van der Waals surface area contributed by atoms with Crippen LogP contribution < -0.4 is 9.47 Å². The lowest BCUT2D eigenvalue weighted by molar-refractivity contribution is 0.246. The molecule has 0 bridgehead atoms. The Morgan fingerprint density at radius 3 is 2.45 bits per heavy atom. The van der Waals surface area contributed by atoms with Gasteiger partial charge in [-0.15, -0.1) is 0 Å². The second-order valence-electron chi connectivity index (χ2n) is 8.15. The van der Waals surface area contributed by atoms with Crippen molar-refractivity contribution in [1.29, 1.82) is 0 Å². The fourth-order valence-electron chi connectivity index (χ4n) is 4.39. The molecule has 0 saturated heterocycles. The molecule has 0 radical (unpaired) electrons. The molecule has 0 aliphatic rings. The third kappa shape index (κ3) is 3.40. The number of para-hydroxylation sites is 1. The highest BCUT2D eigenvalue weighted by atomic mass is 16.5. The second-order valence-corrected chi connectivity index (χ2v) is 8.15. The van der Waals surface area contributed by atoms with Gasteiger partial charge in [0.15, 0.2) is 6.73 Å². The van der Waals surface area contributed by atoms with Crippen molar-refractivity contribution in [3.8, 4) is 11.5 Å². The van der Waals surface area contributed by atoms with Crippen LogP contribution in [0, 0.1) is 0 Å². The maximum atomic E-state index is 6.27. The molecule has 0 aliphatic carbocycles. The predicted molar refractivity (Wildman–Crippen MR) is 129 cm³/mol. The number of ether oxygens (including phenoxy) is 2. The van der Waals surface area contributed by atoms with Gasteiger partial charge in [0.05, 0.1) is 18.1 Å². The monoisotopic (exact) mass is 409 g/mol. The predicted octanol–water partition coefficient (Wildman–Crippen LogP) is 7.51. The van der Waals surface area contributed by atoms with Crippen LogP contribution in [0.4, 0.5) is 0 Å². The van der Waals surface area contributed by atoms with Gasteiger partial charge in [-0.3, -0.25) is 0 Å². The maximum Gasteiger partial charge on any atom is 0.165 e. The number of fused-ring (bicyclic) bond motifs is 4. The quantitative estimate of drug-likeness (QED) is 0.290. The van der Waals surface area contributed by atoms with Crippen LogP contribution in [0.5, 0.6) is 11.5 Å². The summed E-state index contributed by atoms with van der Waals surface area (Å²) in [6, 6.07) is 27.7. The van der Waals surface area contributed by atoms with Gasteiger partial charge in [0.2, 0.25) is 0 Å². The minimum absolute atomic E-state index is 0.438. The molecule has 31 heavy (non-hydrogen) atoms. The van der Waals surface area contributed by atoms with Gasteiger partial charge in [-0.2, -0.15) is 0 Å². The SMILES string of the molecule is CCC(C)c1ccc2cc(OCn3c4ccccc4c4c(OC)cccc43)ccc2c1. The number of aromatic nitrogens is 1. The summed E-state index contributed by atoms with van der Waals surface area (Å²) in [4.78, 5) is 0. The van der Waals surface area contributed by atoms with Crippen molar-refractivity contribution < 1.29 is 9.47 Å². The van der Waals surface area contributed by atoms with Crippen LogP contribution in [0.1, 0.15) is 31.7 Å². The molecular formula is C28H27NO2. The first-order chi connectivity index (χ1) is 15.2. The Labute approximate surface area is 182 Å². The van der Waals surface area contributed by atoms with Crippen molar-refractivity contribution >= 4 is 32.6 Å². The molecule has 1 atom stereocenters. The Hall–Kier alpha value is -3.46. The van der Waals surface area contributed by atoms with E-state index in [1.54, 1.807) is 7.11 Å². The number of hydrogen-bond donors (Lipinski definition) is 0. The van der Waals surface area contributed by atoms with Crippen molar-refractivity contribution in [3.63, 3.8) is 0 Å². The average molecular weight is 410 g/mol.